The molecule has 2 atom stereocenters. The molecule has 0 aliphatic carbocycles. The third-order valence-electron chi connectivity index (χ3n) is 6.70. The molecule has 4 heteroatoms. The normalized spacial score (nSPS) is 24.7. The van der Waals surface area contributed by atoms with Crippen LogP contribution in [0.4, 0.5) is 0 Å². The van der Waals surface area contributed by atoms with E-state index in [4.69, 9.17) is 0 Å². The minimum Gasteiger partial charge on any atom is -0.347 e. The summed E-state index contributed by atoms with van der Waals surface area (Å²) in [4.78, 5) is 14.6. The molecule has 0 unspecified atom stereocenters. The molecule has 2 aromatic rings. The van der Waals surface area contributed by atoms with E-state index in [1.165, 1.54) is 24.0 Å². The third-order valence-corrected chi connectivity index (χ3v) is 6.70. The number of amides is 1. The highest BCUT2D eigenvalue weighted by Gasteiger charge is 2.39. The minimum absolute atomic E-state index is 0.0621. The van der Waals surface area contributed by atoms with Crippen molar-refractivity contribution in [2.24, 2.45) is 0 Å². The van der Waals surface area contributed by atoms with Crippen LogP contribution in [0.1, 0.15) is 43.7 Å². The molecule has 0 bridgehead atoms. The van der Waals surface area contributed by atoms with Gasteiger partial charge >= 0.3 is 0 Å². The van der Waals surface area contributed by atoms with Gasteiger partial charge in [-0.3, -0.25) is 4.79 Å². The van der Waals surface area contributed by atoms with Crippen LogP contribution in [-0.2, 0) is 16.8 Å². The van der Waals surface area contributed by atoms with Gasteiger partial charge in [0, 0.05) is 32.1 Å². The zero-order chi connectivity index (χ0) is 20.1. The highest BCUT2D eigenvalue weighted by molar-refractivity contribution is 5.74. The van der Waals surface area contributed by atoms with Crippen LogP contribution in [0, 0.1) is 0 Å². The minimum atomic E-state index is -0.222. The molecule has 2 aromatic carbocycles. The summed E-state index contributed by atoms with van der Waals surface area (Å²) in [6.45, 7) is 4.81. The average Bonchev–Trinajstić information content (AvgIpc) is 2.75. The second-order valence-electron chi connectivity index (χ2n) is 8.68. The largest absolute Gasteiger partial charge is 0.347 e. The van der Waals surface area contributed by atoms with Crippen LogP contribution in [0.3, 0.4) is 0 Å². The van der Waals surface area contributed by atoms with E-state index in [0.29, 0.717) is 12.1 Å². The van der Waals surface area contributed by atoms with Crippen LogP contribution < -0.4 is 10.6 Å². The summed E-state index contributed by atoms with van der Waals surface area (Å²) in [7, 11) is 0. The summed E-state index contributed by atoms with van der Waals surface area (Å²) in [6, 6.07) is 22.5. The van der Waals surface area contributed by atoms with Crippen molar-refractivity contribution in [1.82, 2.24) is 15.5 Å². The van der Waals surface area contributed by atoms with E-state index >= 15 is 0 Å². The number of likely N-dealkylation sites (tertiary alicyclic amines) is 1. The summed E-state index contributed by atoms with van der Waals surface area (Å²) in [5, 5.41) is 7.02. The standard InChI is InChI=1S/C25H33N3O/c1-20(29)27-25(22-10-6-3-7-11-22)13-16-28(17-14-25)24-12-15-26-23(19-24)18-21-8-4-2-5-9-21/h2-11,23-24,26H,12-19H2,1H3,(H,27,29)/t23-,24+/m0/s1. The first-order valence-corrected chi connectivity index (χ1v) is 11.0. The number of rotatable bonds is 5. The number of nitrogens with zero attached hydrogens (tertiary/aromatic N) is 1. The lowest BCUT2D eigenvalue weighted by atomic mass is 9.79. The average molecular weight is 392 g/mol. The maximum absolute atomic E-state index is 12.0. The van der Waals surface area contributed by atoms with Gasteiger partial charge in [-0.25, -0.2) is 0 Å². The van der Waals surface area contributed by atoms with Gasteiger partial charge in [-0.05, 0) is 49.8 Å². The van der Waals surface area contributed by atoms with Crippen LogP contribution in [0.15, 0.2) is 60.7 Å². The van der Waals surface area contributed by atoms with Crippen molar-refractivity contribution in [3.05, 3.63) is 71.8 Å². The maximum Gasteiger partial charge on any atom is 0.217 e. The summed E-state index contributed by atoms with van der Waals surface area (Å²) >= 11 is 0. The van der Waals surface area contributed by atoms with Crippen LogP contribution in [0.25, 0.3) is 0 Å². The van der Waals surface area contributed by atoms with E-state index < -0.39 is 0 Å². The molecule has 154 valence electrons. The first kappa shape index (κ1) is 20.1. The van der Waals surface area contributed by atoms with E-state index in [9.17, 15) is 4.79 Å². The van der Waals surface area contributed by atoms with Gasteiger partial charge in [0.25, 0.3) is 0 Å². The van der Waals surface area contributed by atoms with Crippen LogP contribution in [0.5, 0.6) is 0 Å². The highest BCUT2D eigenvalue weighted by atomic mass is 16.1. The number of benzene rings is 2. The Labute approximate surface area is 174 Å². The third kappa shape index (κ3) is 4.88. The fraction of sp³-hybridized carbons (Fsp3) is 0.480. The van der Waals surface area contributed by atoms with Crippen molar-refractivity contribution in [3.8, 4) is 0 Å². The van der Waals surface area contributed by atoms with Gasteiger partial charge in [0.2, 0.25) is 5.91 Å². The maximum atomic E-state index is 12.0. The van der Waals surface area contributed by atoms with Crippen molar-refractivity contribution in [2.45, 2.75) is 56.7 Å². The SMILES string of the molecule is CC(=O)NC1(c2ccccc2)CCN([C@@H]2CCN[C@@H](Cc3ccccc3)C2)CC1. The molecule has 2 saturated heterocycles. The Bertz CT molecular complexity index is 784. The number of piperidine rings is 2. The lowest BCUT2D eigenvalue weighted by Gasteiger charge is -2.47. The lowest BCUT2D eigenvalue weighted by molar-refractivity contribution is -0.121. The molecule has 2 aliphatic rings. The van der Waals surface area contributed by atoms with Gasteiger partial charge in [0.1, 0.15) is 0 Å². The second-order valence-corrected chi connectivity index (χ2v) is 8.68. The van der Waals surface area contributed by atoms with Crippen molar-refractivity contribution in [2.75, 3.05) is 19.6 Å². The molecule has 2 heterocycles. The molecule has 2 N–H and O–H groups in total. The Morgan fingerprint density at radius 3 is 2.38 bits per heavy atom. The number of carbonyl (C=O) groups is 1. The molecule has 0 spiro atoms. The Balaban J connectivity index is 1.39. The Hall–Kier alpha value is -2.17. The zero-order valence-corrected chi connectivity index (χ0v) is 17.4. The quantitative estimate of drug-likeness (QED) is 0.820. The van der Waals surface area contributed by atoms with E-state index in [1.807, 2.05) is 6.07 Å². The van der Waals surface area contributed by atoms with E-state index in [2.05, 4.69) is 70.1 Å². The topological polar surface area (TPSA) is 44.4 Å². The van der Waals surface area contributed by atoms with Crippen LogP contribution in [0.2, 0.25) is 0 Å². The van der Waals surface area contributed by atoms with E-state index in [-0.39, 0.29) is 11.4 Å². The van der Waals surface area contributed by atoms with Gasteiger partial charge in [0.15, 0.2) is 0 Å². The predicted octanol–water partition coefficient (Wildman–Crippen LogP) is 3.48. The van der Waals surface area contributed by atoms with Crippen molar-refractivity contribution in [1.29, 1.82) is 0 Å². The van der Waals surface area contributed by atoms with Crippen molar-refractivity contribution in [3.63, 3.8) is 0 Å². The first-order chi connectivity index (χ1) is 14.1. The van der Waals surface area contributed by atoms with Gasteiger partial charge in [0.05, 0.1) is 5.54 Å². The summed E-state index contributed by atoms with van der Waals surface area (Å²) < 4.78 is 0. The van der Waals surface area contributed by atoms with Crippen molar-refractivity contribution >= 4 is 5.91 Å². The second kappa shape index (κ2) is 9.10. The van der Waals surface area contributed by atoms with Crippen molar-refractivity contribution < 1.29 is 4.79 Å². The molecule has 29 heavy (non-hydrogen) atoms. The summed E-state index contributed by atoms with van der Waals surface area (Å²) in [5.41, 5.74) is 2.43. The monoisotopic (exact) mass is 391 g/mol. The predicted molar refractivity (Wildman–Crippen MR) is 118 cm³/mol. The molecule has 0 saturated carbocycles. The molecule has 2 aliphatic heterocycles. The Kier molecular flexibility index (Phi) is 6.31. The molecule has 4 nitrogen and oxygen atoms in total. The molecule has 2 fully saturated rings. The van der Waals surface area contributed by atoms with Gasteiger partial charge in [-0.1, -0.05) is 60.7 Å². The fourth-order valence-corrected chi connectivity index (χ4v) is 5.22. The molecule has 4 rings (SSSR count). The smallest absolute Gasteiger partial charge is 0.217 e. The fourth-order valence-electron chi connectivity index (χ4n) is 5.22. The highest BCUT2D eigenvalue weighted by Crippen LogP contribution is 2.35. The molecule has 0 aromatic heterocycles. The summed E-state index contributed by atoms with van der Waals surface area (Å²) in [6.07, 6.45) is 5.47. The number of carbonyl (C=O) groups excluding carboxylic acids is 1. The number of hydrogen-bond acceptors (Lipinski definition) is 3. The Morgan fingerprint density at radius 1 is 1.07 bits per heavy atom. The molecular formula is C25H33N3O. The van der Waals surface area contributed by atoms with Gasteiger partial charge in [-0.2, -0.15) is 0 Å². The van der Waals surface area contributed by atoms with Crippen LogP contribution >= 0.6 is 0 Å². The van der Waals surface area contributed by atoms with E-state index in [1.54, 1.807) is 6.92 Å². The van der Waals surface area contributed by atoms with Gasteiger partial charge < -0.3 is 15.5 Å². The Morgan fingerprint density at radius 2 is 1.72 bits per heavy atom. The van der Waals surface area contributed by atoms with Gasteiger partial charge in [-0.15, -0.1) is 0 Å². The number of hydrogen-bond donors (Lipinski definition) is 2. The first-order valence-electron chi connectivity index (χ1n) is 11.0. The van der Waals surface area contributed by atoms with E-state index in [0.717, 1.165) is 38.9 Å². The molecule has 1 amide bonds. The summed E-state index contributed by atoms with van der Waals surface area (Å²) in [5.74, 6) is 0.0621. The lowest BCUT2D eigenvalue weighted by Crippen LogP contribution is -2.56. The zero-order valence-electron chi connectivity index (χ0n) is 17.4. The molecular weight excluding hydrogens is 358 g/mol. The van der Waals surface area contributed by atoms with Crippen LogP contribution in [-0.4, -0.2) is 42.5 Å². The molecule has 0 radical (unpaired) electrons. The number of nitrogens with one attached hydrogen (secondary N) is 2.